The van der Waals surface area contributed by atoms with Crippen LogP contribution >= 0.6 is 0 Å². The minimum Gasteiger partial charge on any atom is -0.347 e. The van der Waals surface area contributed by atoms with Gasteiger partial charge in [-0.15, -0.1) is 0 Å². The molecule has 5 nitrogen and oxygen atoms in total. The molecule has 2 aromatic carbocycles. The van der Waals surface area contributed by atoms with Gasteiger partial charge in [-0.1, -0.05) is 67.1 Å². The van der Waals surface area contributed by atoms with Crippen molar-refractivity contribution in [2.24, 2.45) is 10.8 Å². The molecule has 0 aromatic heterocycles. The lowest BCUT2D eigenvalue weighted by Crippen LogP contribution is -2.58. The van der Waals surface area contributed by atoms with Crippen LogP contribution in [0.3, 0.4) is 0 Å². The van der Waals surface area contributed by atoms with Crippen molar-refractivity contribution in [3.63, 3.8) is 0 Å². The normalized spacial score (nSPS) is 35.1. The van der Waals surface area contributed by atoms with Gasteiger partial charge in [-0.2, -0.15) is 0 Å². The summed E-state index contributed by atoms with van der Waals surface area (Å²) in [5.41, 5.74) is 0.761. The quantitative estimate of drug-likeness (QED) is 0.764. The standard InChI is InChI=1S/C24H26O5/c25-22-23(14-26-20(27-15-23)18-8-3-1-4-9-18)12-7-13-24(22)16-28-21(29-17-24)19-10-5-2-6-11-19/h1-6,8-11,20-21H,7,12-17H2. The van der Waals surface area contributed by atoms with Crippen LogP contribution in [-0.2, 0) is 23.7 Å². The van der Waals surface area contributed by atoms with E-state index in [-0.39, 0.29) is 5.78 Å². The first-order chi connectivity index (χ1) is 14.2. The van der Waals surface area contributed by atoms with Crippen molar-refractivity contribution >= 4 is 5.78 Å². The van der Waals surface area contributed by atoms with Crippen LogP contribution in [0, 0.1) is 10.8 Å². The van der Waals surface area contributed by atoms with E-state index in [2.05, 4.69) is 0 Å². The Kier molecular flexibility index (Phi) is 5.00. The van der Waals surface area contributed by atoms with Crippen molar-refractivity contribution in [3.8, 4) is 0 Å². The Bertz CT molecular complexity index is 765. The summed E-state index contributed by atoms with van der Waals surface area (Å²) < 4.78 is 24.1. The molecule has 3 fully saturated rings. The number of carbonyl (C=O) groups is 1. The first-order valence-corrected chi connectivity index (χ1v) is 10.3. The van der Waals surface area contributed by atoms with Gasteiger partial charge in [-0.25, -0.2) is 0 Å². The third-order valence-corrected chi connectivity index (χ3v) is 6.46. The fourth-order valence-electron chi connectivity index (χ4n) is 4.83. The second-order valence-corrected chi connectivity index (χ2v) is 8.47. The summed E-state index contributed by atoms with van der Waals surface area (Å²) in [6.07, 6.45) is 1.70. The topological polar surface area (TPSA) is 54.0 Å². The molecule has 2 spiro atoms. The first-order valence-electron chi connectivity index (χ1n) is 10.3. The second kappa shape index (κ2) is 7.65. The van der Waals surface area contributed by atoms with Crippen molar-refractivity contribution in [1.29, 1.82) is 0 Å². The van der Waals surface area contributed by atoms with Gasteiger partial charge in [0.25, 0.3) is 0 Å². The average Bonchev–Trinajstić information content (AvgIpc) is 2.80. The van der Waals surface area contributed by atoms with Crippen LogP contribution in [0.25, 0.3) is 0 Å². The first kappa shape index (κ1) is 18.9. The number of rotatable bonds is 2. The number of Topliss-reactive ketones (excluding diaryl/α,β-unsaturated/α-hetero) is 1. The molecule has 2 aliphatic heterocycles. The summed E-state index contributed by atoms with van der Waals surface area (Å²) in [5, 5.41) is 0. The fourth-order valence-corrected chi connectivity index (χ4v) is 4.83. The molecule has 0 unspecified atom stereocenters. The summed E-state index contributed by atoms with van der Waals surface area (Å²) in [6, 6.07) is 19.7. The molecule has 29 heavy (non-hydrogen) atoms. The third-order valence-electron chi connectivity index (χ3n) is 6.46. The van der Waals surface area contributed by atoms with Gasteiger partial charge in [0.15, 0.2) is 18.4 Å². The van der Waals surface area contributed by atoms with Crippen molar-refractivity contribution in [1.82, 2.24) is 0 Å². The lowest BCUT2D eigenvalue weighted by molar-refractivity contribution is -0.261. The van der Waals surface area contributed by atoms with E-state index in [9.17, 15) is 4.79 Å². The fraction of sp³-hybridized carbons (Fsp3) is 0.458. The Morgan fingerprint density at radius 2 is 1.00 bits per heavy atom. The van der Waals surface area contributed by atoms with Crippen molar-refractivity contribution in [2.75, 3.05) is 26.4 Å². The SMILES string of the molecule is O=C1C2(CCCC13COC(c1ccccc1)OC3)COC(c1ccccc1)OC2. The molecular formula is C24H26O5. The molecule has 3 aliphatic rings. The minimum absolute atomic E-state index is 0.175. The molecule has 0 bridgehead atoms. The number of ether oxygens (including phenoxy) is 4. The summed E-state index contributed by atoms with van der Waals surface area (Å²) in [4.78, 5) is 13.6. The van der Waals surface area contributed by atoms with E-state index in [0.29, 0.717) is 26.4 Å². The molecule has 0 radical (unpaired) electrons. The van der Waals surface area contributed by atoms with E-state index < -0.39 is 23.4 Å². The molecule has 2 saturated heterocycles. The van der Waals surface area contributed by atoms with Crippen molar-refractivity contribution < 1.29 is 23.7 Å². The van der Waals surface area contributed by atoms with Crippen LogP contribution in [0.4, 0.5) is 0 Å². The smallest absolute Gasteiger partial charge is 0.183 e. The molecule has 2 aromatic rings. The van der Waals surface area contributed by atoms with E-state index >= 15 is 0 Å². The average molecular weight is 394 g/mol. The molecular weight excluding hydrogens is 368 g/mol. The monoisotopic (exact) mass is 394 g/mol. The largest absolute Gasteiger partial charge is 0.347 e. The van der Waals surface area contributed by atoms with Crippen LogP contribution in [-0.4, -0.2) is 32.2 Å². The maximum atomic E-state index is 13.6. The van der Waals surface area contributed by atoms with Gasteiger partial charge in [0, 0.05) is 11.1 Å². The minimum atomic E-state index is -0.601. The van der Waals surface area contributed by atoms with E-state index in [1.54, 1.807) is 0 Å². The maximum Gasteiger partial charge on any atom is 0.183 e. The second-order valence-electron chi connectivity index (χ2n) is 8.47. The molecule has 0 atom stereocenters. The molecule has 5 rings (SSSR count). The Hall–Kier alpha value is -2.05. The van der Waals surface area contributed by atoms with Gasteiger partial charge in [0.05, 0.1) is 37.3 Å². The zero-order chi connectivity index (χ0) is 19.7. The van der Waals surface area contributed by atoms with Gasteiger partial charge < -0.3 is 18.9 Å². The van der Waals surface area contributed by atoms with Crippen molar-refractivity contribution in [3.05, 3.63) is 71.8 Å². The highest BCUT2D eigenvalue weighted by atomic mass is 16.7. The van der Waals surface area contributed by atoms with Gasteiger partial charge in [-0.05, 0) is 12.8 Å². The van der Waals surface area contributed by atoms with Crippen LogP contribution in [0.1, 0.15) is 43.0 Å². The molecule has 2 heterocycles. The number of hydrogen-bond donors (Lipinski definition) is 0. The number of benzene rings is 2. The summed E-state index contributed by atoms with van der Waals surface area (Å²) in [7, 11) is 0. The summed E-state index contributed by atoms with van der Waals surface area (Å²) in [6.45, 7) is 1.54. The highest BCUT2D eigenvalue weighted by molar-refractivity contribution is 5.92. The maximum absolute atomic E-state index is 13.6. The Morgan fingerprint density at radius 3 is 1.38 bits per heavy atom. The van der Waals surface area contributed by atoms with Crippen LogP contribution in [0.15, 0.2) is 60.7 Å². The highest BCUT2D eigenvalue weighted by Gasteiger charge is 2.57. The molecule has 1 saturated carbocycles. The molecule has 1 aliphatic carbocycles. The van der Waals surface area contributed by atoms with Gasteiger partial charge in [0.1, 0.15) is 0 Å². The molecule has 5 heteroatoms. The van der Waals surface area contributed by atoms with Crippen molar-refractivity contribution in [2.45, 2.75) is 31.8 Å². The van der Waals surface area contributed by atoms with E-state index in [1.165, 1.54) is 0 Å². The number of hydrogen-bond acceptors (Lipinski definition) is 5. The summed E-state index contributed by atoms with van der Waals surface area (Å²) in [5.74, 6) is 0.175. The Morgan fingerprint density at radius 1 is 0.621 bits per heavy atom. The van der Waals surface area contributed by atoms with Crippen LogP contribution < -0.4 is 0 Å². The third kappa shape index (κ3) is 3.42. The molecule has 0 amide bonds. The van der Waals surface area contributed by atoms with E-state index in [1.807, 2.05) is 60.7 Å². The molecule has 0 N–H and O–H groups in total. The number of ketones is 1. The lowest BCUT2D eigenvalue weighted by atomic mass is 9.61. The van der Waals surface area contributed by atoms with Crippen LogP contribution in [0.2, 0.25) is 0 Å². The Labute approximate surface area is 170 Å². The van der Waals surface area contributed by atoms with Gasteiger partial charge >= 0.3 is 0 Å². The Balaban J connectivity index is 1.28. The highest BCUT2D eigenvalue weighted by Crippen LogP contribution is 2.49. The van der Waals surface area contributed by atoms with E-state index in [4.69, 9.17) is 18.9 Å². The zero-order valence-corrected chi connectivity index (χ0v) is 16.4. The van der Waals surface area contributed by atoms with Crippen LogP contribution in [0.5, 0.6) is 0 Å². The predicted octanol–water partition coefficient (Wildman–Crippen LogP) is 4.20. The molecule has 152 valence electrons. The zero-order valence-electron chi connectivity index (χ0n) is 16.4. The van der Waals surface area contributed by atoms with Gasteiger partial charge in [-0.3, -0.25) is 4.79 Å². The van der Waals surface area contributed by atoms with E-state index in [0.717, 1.165) is 30.4 Å². The lowest BCUT2D eigenvalue weighted by Gasteiger charge is -2.50. The number of carbonyl (C=O) groups excluding carboxylic acids is 1. The summed E-state index contributed by atoms with van der Waals surface area (Å²) >= 11 is 0. The van der Waals surface area contributed by atoms with Gasteiger partial charge in [0.2, 0.25) is 0 Å². The predicted molar refractivity (Wildman–Crippen MR) is 106 cm³/mol.